The zero-order chi connectivity index (χ0) is 20.5. The first-order chi connectivity index (χ1) is 13.1. The standard InChI is InChI=1S/C17H25N7O3S/c1-22(2)14-6-4-12(5-7-14)15(25)24-17(20-16(18)21-24)19-13-8-10-23(11-9-13)28(3,26)27/h4-7,13H,8-11H2,1-3H3,(H3,18,19,20,21). The Hall–Kier alpha value is -2.66. The lowest BCUT2D eigenvalue weighted by Crippen LogP contribution is -2.42. The number of piperidine rings is 1. The Morgan fingerprint density at radius 1 is 1.21 bits per heavy atom. The van der Waals surface area contributed by atoms with Crippen LogP contribution in [0.5, 0.6) is 0 Å². The van der Waals surface area contributed by atoms with E-state index in [1.54, 1.807) is 12.1 Å². The lowest BCUT2D eigenvalue weighted by Gasteiger charge is -2.30. The quantitative estimate of drug-likeness (QED) is 0.732. The molecule has 1 aromatic carbocycles. The van der Waals surface area contributed by atoms with E-state index in [0.29, 0.717) is 31.5 Å². The van der Waals surface area contributed by atoms with Gasteiger partial charge in [-0.1, -0.05) is 0 Å². The summed E-state index contributed by atoms with van der Waals surface area (Å²) < 4.78 is 25.9. The molecule has 2 heterocycles. The van der Waals surface area contributed by atoms with Crippen LogP contribution in [0.2, 0.25) is 0 Å². The third-order valence-corrected chi connectivity index (χ3v) is 6.01. The van der Waals surface area contributed by atoms with Crippen LogP contribution in [0.3, 0.4) is 0 Å². The molecule has 28 heavy (non-hydrogen) atoms. The highest BCUT2D eigenvalue weighted by Crippen LogP contribution is 2.19. The first-order valence-electron chi connectivity index (χ1n) is 8.91. The van der Waals surface area contributed by atoms with Crippen molar-refractivity contribution in [1.29, 1.82) is 0 Å². The summed E-state index contributed by atoms with van der Waals surface area (Å²) in [5.41, 5.74) is 7.15. The van der Waals surface area contributed by atoms with Crippen molar-refractivity contribution in [3.05, 3.63) is 29.8 Å². The molecule has 11 heteroatoms. The van der Waals surface area contributed by atoms with Gasteiger partial charge in [0.05, 0.1) is 6.26 Å². The summed E-state index contributed by atoms with van der Waals surface area (Å²) in [5, 5.41) is 7.20. The number of nitrogens with one attached hydrogen (secondary N) is 1. The minimum Gasteiger partial charge on any atom is -0.378 e. The van der Waals surface area contributed by atoms with Crippen LogP contribution in [-0.2, 0) is 10.0 Å². The fraction of sp³-hybridized carbons (Fsp3) is 0.471. The molecule has 1 fully saturated rings. The van der Waals surface area contributed by atoms with E-state index >= 15 is 0 Å². The van der Waals surface area contributed by atoms with E-state index in [1.807, 2.05) is 31.1 Å². The van der Waals surface area contributed by atoms with Gasteiger partial charge in [0.25, 0.3) is 5.91 Å². The molecule has 1 saturated heterocycles. The van der Waals surface area contributed by atoms with Crippen molar-refractivity contribution in [3.63, 3.8) is 0 Å². The summed E-state index contributed by atoms with van der Waals surface area (Å²) >= 11 is 0. The second kappa shape index (κ2) is 7.76. The summed E-state index contributed by atoms with van der Waals surface area (Å²) in [6, 6.07) is 7.13. The van der Waals surface area contributed by atoms with Crippen LogP contribution in [0.25, 0.3) is 0 Å². The van der Waals surface area contributed by atoms with Crippen molar-refractivity contribution in [1.82, 2.24) is 19.1 Å². The van der Waals surface area contributed by atoms with E-state index in [2.05, 4.69) is 15.4 Å². The van der Waals surface area contributed by atoms with E-state index in [1.165, 1.54) is 10.6 Å². The monoisotopic (exact) mass is 407 g/mol. The molecule has 0 aliphatic carbocycles. The van der Waals surface area contributed by atoms with Crippen LogP contribution in [0, 0.1) is 0 Å². The number of rotatable bonds is 5. The van der Waals surface area contributed by atoms with Gasteiger partial charge in [0.1, 0.15) is 0 Å². The van der Waals surface area contributed by atoms with Gasteiger partial charge in [-0.2, -0.15) is 9.67 Å². The Labute approximate surface area is 164 Å². The Balaban J connectivity index is 1.74. The molecule has 152 valence electrons. The Bertz CT molecular complexity index is 946. The number of nitrogens with two attached hydrogens (primary N) is 1. The topological polar surface area (TPSA) is 126 Å². The van der Waals surface area contributed by atoms with E-state index in [0.717, 1.165) is 10.4 Å². The van der Waals surface area contributed by atoms with Gasteiger partial charge in [-0.25, -0.2) is 12.7 Å². The average molecular weight is 408 g/mol. The molecule has 3 N–H and O–H groups in total. The number of anilines is 3. The third-order valence-electron chi connectivity index (χ3n) is 4.70. The lowest BCUT2D eigenvalue weighted by atomic mass is 10.1. The van der Waals surface area contributed by atoms with Gasteiger partial charge < -0.3 is 16.0 Å². The summed E-state index contributed by atoms with van der Waals surface area (Å²) in [5.74, 6) is -0.0862. The van der Waals surface area contributed by atoms with Crippen LogP contribution in [0.4, 0.5) is 17.6 Å². The molecular weight excluding hydrogens is 382 g/mol. The van der Waals surface area contributed by atoms with Gasteiger partial charge in [-0.3, -0.25) is 4.79 Å². The molecule has 0 amide bonds. The first-order valence-corrected chi connectivity index (χ1v) is 10.8. The van der Waals surface area contributed by atoms with Gasteiger partial charge in [0.15, 0.2) is 0 Å². The summed E-state index contributed by atoms with van der Waals surface area (Å²) in [4.78, 5) is 18.9. The zero-order valence-corrected chi connectivity index (χ0v) is 17.0. The lowest BCUT2D eigenvalue weighted by molar-refractivity contribution is 0.0947. The van der Waals surface area contributed by atoms with Crippen molar-refractivity contribution in [2.75, 3.05) is 49.4 Å². The minimum atomic E-state index is -3.19. The van der Waals surface area contributed by atoms with Gasteiger partial charge in [-0.15, -0.1) is 5.10 Å². The van der Waals surface area contributed by atoms with Gasteiger partial charge in [-0.05, 0) is 37.1 Å². The Kier molecular flexibility index (Phi) is 5.57. The molecule has 1 aliphatic heterocycles. The number of hydrogen-bond donors (Lipinski definition) is 2. The molecule has 1 aromatic heterocycles. The van der Waals surface area contributed by atoms with E-state index in [9.17, 15) is 13.2 Å². The molecule has 3 rings (SSSR count). The van der Waals surface area contributed by atoms with Crippen molar-refractivity contribution >= 4 is 33.5 Å². The van der Waals surface area contributed by atoms with Gasteiger partial charge >= 0.3 is 0 Å². The Morgan fingerprint density at radius 3 is 2.36 bits per heavy atom. The molecular formula is C17H25N7O3S. The molecule has 0 saturated carbocycles. The zero-order valence-electron chi connectivity index (χ0n) is 16.2. The first kappa shape index (κ1) is 20.1. The highest BCUT2D eigenvalue weighted by molar-refractivity contribution is 7.88. The minimum absolute atomic E-state index is 0.00525. The molecule has 0 radical (unpaired) electrons. The van der Waals surface area contributed by atoms with E-state index in [4.69, 9.17) is 5.73 Å². The van der Waals surface area contributed by atoms with Crippen LogP contribution in [0.1, 0.15) is 23.2 Å². The number of carbonyl (C=O) groups excluding carboxylic acids is 1. The molecule has 2 aromatic rings. The van der Waals surface area contributed by atoms with Crippen molar-refractivity contribution in [2.45, 2.75) is 18.9 Å². The molecule has 0 atom stereocenters. The number of carbonyl (C=O) groups is 1. The largest absolute Gasteiger partial charge is 0.378 e. The average Bonchev–Trinajstić information content (AvgIpc) is 3.01. The number of hydrogen-bond acceptors (Lipinski definition) is 8. The molecule has 1 aliphatic rings. The molecule has 0 spiro atoms. The second-order valence-electron chi connectivity index (χ2n) is 7.03. The highest BCUT2D eigenvalue weighted by atomic mass is 32.2. The predicted molar refractivity (Wildman–Crippen MR) is 108 cm³/mol. The van der Waals surface area contributed by atoms with Gasteiger partial charge in [0.2, 0.25) is 21.9 Å². The molecule has 10 nitrogen and oxygen atoms in total. The summed E-state index contributed by atoms with van der Waals surface area (Å²) in [6.07, 6.45) is 2.41. The number of benzene rings is 1. The van der Waals surface area contributed by atoms with Crippen LogP contribution in [-0.4, -0.2) is 72.9 Å². The normalized spacial score (nSPS) is 16.1. The maximum Gasteiger partial charge on any atom is 0.281 e. The third kappa shape index (κ3) is 4.42. The maximum atomic E-state index is 12.9. The second-order valence-corrected chi connectivity index (χ2v) is 9.01. The van der Waals surface area contributed by atoms with Gasteiger partial charge in [0, 0.05) is 44.5 Å². The fourth-order valence-electron chi connectivity index (χ4n) is 3.10. The molecule has 0 bridgehead atoms. The van der Waals surface area contributed by atoms with E-state index < -0.39 is 10.0 Å². The fourth-order valence-corrected chi connectivity index (χ4v) is 3.98. The Morgan fingerprint density at radius 2 is 1.82 bits per heavy atom. The number of nitrogens with zero attached hydrogens (tertiary/aromatic N) is 5. The van der Waals surface area contributed by atoms with Crippen molar-refractivity contribution in [3.8, 4) is 0 Å². The van der Waals surface area contributed by atoms with E-state index in [-0.39, 0.29) is 23.8 Å². The maximum absolute atomic E-state index is 12.9. The van der Waals surface area contributed by atoms with Crippen molar-refractivity contribution < 1.29 is 13.2 Å². The highest BCUT2D eigenvalue weighted by Gasteiger charge is 2.27. The van der Waals surface area contributed by atoms with Crippen molar-refractivity contribution in [2.24, 2.45) is 0 Å². The predicted octanol–water partition coefficient (Wildman–Crippen LogP) is 0.451. The van der Waals surface area contributed by atoms with Crippen LogP contribution in [0.15, 0.2) is 24.3 Å². The van der Waals surface area contributed by atoms with Crippen LogP contribution >= 0.6 is 0 Å². The number of nitrogen functional groups attached to an aromatic ring is 1. The van der Waals surface area contributed by atoms with Crippen LogP contribution < -0.4 is 16.0 Å². The SMILES string of the molecule is CN(C)c1ccc(C(=O)n2nc(N)nc2NC2CCN(S(C)(=O)=O)CC2)cc1. The number of aromatic nitrogens is 3. The summed E-state index contributed by atoms with van der Waals surface area (Å²) in [6.45, 7) is 0.833. The molecule has 0 unspecified atom stereocenters. The smallest absolute Gasteiger partial charge is 0.281 e. The summed E-state index contributed by atoms with van der Waals surface area (Å²) in [7, 11) is 0.655. The number of sulfonamides is 1.